The molecule has 17 aromatic rings. The second kappa shape index (κ2) is 17.3. The quantitative estimate of drug-likeness (QED) is 0.165. The zero-order valence-corrected chi connectivity index (χ0v) is 47.7. The summed E-state index contributed by atoms with van der Waals surface area (Å²) in [6.45, 7) is 20.1. The lowest BCUT2D eigenvalue weighted by Gasteiger charge is -2.27. The molecule has 85 heavy (non-hydrogen) atoms. The number of benzene rings is 11. The zero-order chi connectivity index (χ0) is 67.9. The third-order valence-electron chi connectivity index (χ3n) is 17.3. The van der Waals surface area contributed by atoms with Gasteiger partial charge in [-0.3, -0.25) is 0 Å². The fraction of sp³-hybridized carbons (Fsp3) is 0.117. The van der Waals surface area contributed by atoms with Gasteiger partial charge in [0.25, 0.3) is 0 Å². The summed E-state index contributed by atoms with van der Waals surface area (Å²) >= 11 is 1.63. The molecule has 0 bridgehead atoms. The normalized spacial score (nSPS) is 14.8. The molecule has 0 aliphatic rings. The Kier molecular flexibility index (Phi) is 7.84. The Bertz CT molecular complexity index is 6350. The number of hydrogen-bond donors (Lipinski definition) is 0. The second-order valence-corrected chi connectivity index (χ2v) is 25.1. The van der Waals surface area contributed by atoms with E-state index in [0.717, 1.165) is 69.1 Å². The Balaban J connectivity index is 1.25. The van der Waals surface area contributed by atoms with E-state index in [2.05, 4.69) is 88.6 Å². The van der Waals surface area contributed by atoms with Crippen LogP contribution in [-0.4, -0.2) is 18.3 Å². The van der Waals surface area contributed by atoms with Gasteiger partial charge in [0.05, 0.1) is 96.1 Å². The molecule has 7 nitrogen and oxygen atoms in total. The molecule has 0 spiro atoms. The van der Waals surface area contributed by atoms with Crippen LogP contribution >= 0.6 is 11.3 Å². The first-order valence-corrected chi connectivity index (χ1v) is 28.9. The number of nitriles is 1. The monoisotopic (exact) mass is 1120 g/mol. The Hall–Kier alpha value is -10.4. The number of nitrogens with zero attached hydrogens (tertiary/aromatic N) is 6. The van der Waals surface area contributed by atoms with Crippen LogP contribution in [0.15, 0.2) is 204 Å². The molecule has 0 amide bonds. The number of aromatic nitrogens is 4. The van der Waals surface area contributed by atoms with E-state index in [1.807, 2.05) is 118 Å². The van der Waals surface area contributed by atoms with Crippen LogP contribution in [0.3, 0.4) is 0 Å². The summed E-state index contributed by atoms with van der Waals surface area (Å²) in [7, 11) is 0. The van der Waals surface area contributed by atoms with Crippen molar-refractivity contribution in [3.63, 3.8) is 0 Å². The van der Waals surface area contributed by atoms with E-state index in [0.29, 0.717) is 27.6 Å². The molecule has 0 N–H and O–H groups in total. The minimum absolute atomic E-state index is 0.0329. The summed E-state index contributed by atoms with van der Waals surface area (Å²) in [6, 6.07) is 44.5. The minimum atomic E-state index is -3.18. The maximum atomic E-state index is 13.2. The van der Waals surface area contributed by atoms with Crippen molar-refractivity contribution < 1.29 is 20.9 Å². The molecular formula is C77H54N6OS. The lowest BCUT2D eigenvalue weighted by Crippen LogP contribution is -2.15. The topological polar surface area (TPSA) is 61.0 Å². The molecule has 0 saturated carbocycles. The number of rotatable bonds is 4. The Morgan fingerprint density at radius 1 is 0.518 bits per heavy atom. The molecule has 0 saturated heterocycles. The van der Waals surface area contributed by atoms with Crippen molar-refractivity contribution in [2.24, 2.45) is 0 Å². The van der Waals surface area contributed by atoms with Crippen LogP contribution in [0.25, 0.3) is 157 Å². The molecule has 0 aliphatic carbocycles. The summed E-state index contributed by atoms with van der Waals surface area (Å²) in [5.74, 6) is 0. The van der Waals surface area contributed by atoms with Crippen molar-refractivity contribution in [1.29, 1.82) is 5.26 Å². The lowest BCUT2D eigenvalue weighted by atomic mass is 9.82. The van der Waals surface area contributed by atoms with Crippen molar-refractivity contribution in [2.75, 3.05) is 0 Å². The summed E-state index contributed by atoms with van der Waals surface area (Å²) in [5, 5.41) is 18.9. The molecule has 6 heterocycles. The minimum Gasteiger partial charge on any atom is -0.454 e. The number of para-hydroxylation sites is 5. The standard InChI is InChI=1S/C77H54N6OS/c1-43-33-37-62-53(39-43)50-35-36-51-49-25-13-19-31-64(49)84-74(51)70(50)83(62)73-69(80-58-27-15-9-21-45(58)46-22-10-16-28-59(46)80)56(42-78)68(67(79-8)72(73)81-60-29-17-11-23-47(60)48-24-12-18-30-61(48)81)82-63-38-34-44(76(2,3)4)40-54(63)55-41-57(77(5,6)7)66-52-26-14-20-32-65(52)85-75(66)71(55)82/h9-41H,1-7H3/i1D3,13D,19D,25D,31D,33D,35D,36D,37D,39D. The van der Waals surface area contributed by atoms with Gasteiger partial charge in [-0.25, -0.2) is 4.85 Å². The van der Waals surface area contributed by atoms with Crippen LogP contribution in [0.5, 0.6) is 0 Å². The lowest BCUT2D eigenvalue weighted by molar-refractivity contribution is 0.591. The SMILES string of the molecule is [2H]c1c([2H])c([2H])c2c(oc3c2c([2H])c([2H])c2c4c([2H])c(C([2H])([2H])[2H])c([2H])c([2H])c4n(-c4c(-n5c6ccccc6c6ccccc65)c(C#N)c(-n5c6ccc(C(C)(C)C)cc6c6cc(C(C)(C)C)c7c8ccccc8sc7c65)c([N+]#[C-])c4-n4c5ccccc5c5ccccc54)c32)c1[2H]. The van der Waals surface area contributed by atoms with Crippen LogP contribution in [0, 0.1) is 24.8 Å². The number of thiophene rings is 1. The van der Waals surface area contributed by atoms with Crippen LogP contribution in [0.4, 0.5) is 5.69 Å². The molecule has 0 aliphatic heterocycles. The van der Waals surface area contributed by atoms with Gasteiger partial charge in [0.1, 0.15) is 11.7 Å². The van der Waals surface area contributed by atoms with Crippen LogP contribution in [0.2, 0.25) is 0 Å². The smallest absolute Gasteiger partial charge is 0.237 e. The Labute approximate surface area is 510 Å². The van der Waals surface area contributed by atoms with Gasteiger partial charge in [-0.1, -0.05) is 174 Å². The average molecular weight is 1120 g/mol. The molecule has 0 atom stereocenters. The van der Waals surface area contributed by atoms with E-state index in [4.69, 9.17) is 16.1 Å². The van der Waals surface area contributed by atoms with Crippen molar-refractivity contribution in [3.05, 3.63) is 234 Å². The Morgan fingerprint density at radius 2 is 1.11 bits per heavy atom. The van der Waals surface area contributed by atoms with Crippen LogP contribution in [-0.2, 0) is 10.8 Å². The first kappa shape index (κ1) is 38.4. The molecule has 17 rings (SSSR count). The largest absolute Gasteiger partial charge is 0.454 e. The number of fused-ring (bicyclic) bond motifs is 20. The number of hydrogen-bond acceptors (Lipinski definition) is 3. The highest BCUT2D eigenvalue weighted by atomic mass is 32.1. The van der Waals surface area contributed by atoms with Gasteiger partial charge >= 0.3 is 0 Å². The predicted octanol–water partition coefficient (Wildman–Crippen LogP) is 21.7. The fourth-order valence-electron chi connectivity index (χ4n) is 13.6. The maximum Gasteiger partial charge on any atom is 0.237 e. The third kappa shape index (κ3) is 6.63. The van der Waals surface area contributed by atoms with Crippen molar-refractivity contribution in [3.8, 4) is 28.8 Å². The van der Waals surface area contributed by atoms with Gasteiger partial charge < -0.3 is 22.7 Å². The highest BCUT2D eigenvalue weighted by Crippen LogP contribution is 2.55. The molecule has 0 radical (unpaired) electrons. The molecule has 0 fully saturated rings. The average Bonchev–Trinajstić information content (AvgIpc) is 1.54. The van der Waals surface area contributed by atoms with Gasteiger partial charge in [-0.05, 0) is 102 Å². The van der Waals surface area contributed by atoms with Gasteiger partial charge in [0.2, 0.25) is 5.69 Å². The molecule has 8 heteroatoms. The van der Waals surface area contributed by atoms with Crippen molar-refractivity contribution >= 4 is 146 Å². The summed E-state index contributed by atoms with van der Waals surface area (Å²) in [5.41, 5.74) is 3.35. The highest BCUT2D eigenvalue weighted by Gasteiger charge is 2.37. The molecular weight excluding hydrogens is 1060 g/mol. The second-order valence-electron chi connectivity index (χ2n) is 24.1. The molecule has 11 aromatic carbocycles. The predicted molar refractivity (Wildman–Crippen MR) is 357 cm³/mol. The van der Waals surface area contributed by atoms with Crippen molar-refractivity contribution in [1.82, 2.24) is 18.3 Å². The summed E-state index contributed by atoms with van der Waals surface area (Å²) in [4.78, 5) is 4.77. The Morgan fingerprint density at radius 3 is 1.73 bits per heavy atom. The van der Waals surface area contributed by atoms with E-state index in [1.54, 1.807) is 11.3 Å². The van der Waals surface area contributed by atoms with Crippen LogP contribution < -0.4 is 0 Å². The van der Waals surface area contributed by atoms with Gasteiger partial charge in [-0.15, -0.1) is 11.3 Å². The fourth-order valence-corrected chi connectivity index (χ4v) is 14.9. The van der Waals surface area contributed by atoms with Gasteiger partial charge in [0, 0.05) is 73.4 Å². The van der Waals surface area contributed by atoms with E-state index in [-0.39, 0.29) is 83.2 Å². The highest BCUT2D eigenvalue weighted by molar-refractivity contribution is 7.26. The maximum absolute atomic E-state index is 13.2. The summed E-state index contributed by atoms with van der Waals surface area (Å²) < 4.78 is 130. The zero-order valence-electron chi connectivity index (χ0n) is 58.9. The first-order chi connectivity index (χ1) is 46.3. The van der Waals surface area contributed by atoms with Gasteiger partial charge in [0.15, 0.2) is 5.58 Å². The molecule has 404 valence electrons. The van der Waals surface area contributed by atoms with Crippen LogP contribution in [0.1, 0.15) is 80.2 Å². The first-order valence-electron chi connectivity index (χ1n) is 34.1. The van der Waals surface area contributed by atoms with E-state index < -0.39 is 72.2 Å². The molecule has 0 unspecified atom stereocenters. The van der Waals surface area contributed by atoms with E-state index in [1.165, 1.54) is 4.57 Å². The van der Waals surface area contributed by atoms with Crippen molar-refractivity contribution in [2.45, 2.75) is 59.2 Å². The molecule has 6 aromatic heterocycles. The van der Waals surface area contributed by atoms with E-state index in [9.17, 15) is 21.4 Å². The van der Waals surface area contributed by atoms with E-state index >= 15 is 0 Å². The summed E-state index contributed by atoms with van der Waals surface area (Å²) in [6.07, 6.45) is 0. The van der Waals surface area contributed by atoms with Gasteiger partial charge in [-0.2, -0.15) is 5.26 Å². The third-order valence-corrected chi connectivity index (χ3v) is 18.5. The number of furan rings is 1.